The van der Waals surface area contributed by atoms with Crippen LogP contribution in [0.1, 0.15) is 34.8 Å². The first-order valence-corrected chi connectivity index (χ1v) is 8.88. The Labute approximate surface area is 155 Å². The van der Waals surface area contributed by atoms with Gasteiger partial charge in [-0.05, 0) is 49.9 Å². The van der Waals surface area contributed by atoms with E-state index in [2.05, 4.69) is 19.6 Å². The van der Waals surface area contributed by atoms with Gasteiger partial charge >= 0.3 is 0 Å². The van der Waals surface area contributed by atoms with Crippen LogP contribution >= 0.6 is 0 Å². The van der Waals surface area contributed by atoms with Gasteiger partial charge in [0.1, 0.15) is 0 Å². The molecule has 26 heavy (non-hydrogen) atoms. The lowest BCUT2D eigenvalue weighted by Gasteiger charge is -2.35. The Hall–Kier alpha value is -2.75. The first-order chi connectivity index (χ1) is 12.6. The fourth-order valence-corrected chi connectivity index (χ4v) is 3.61. The van der Waals surface area contributed by atoms with Crippen molar-refractivity contribution >= 4 is 11.6 Å². The molecule has 1 heterocycles. The van der Waals surface area contributed by atoms with E-state index in [0.29, 0.717) is 23.5 Å². The van der Waals surface area contributed by atoms with Gasteiger partial charge < -0.3 is 14.4 Å². The van der Waals surface area contributed by atoms with Crippen molar-refractivity contribution in [2.24, 2.45) is 0 Å². The Morgan fingerprint density at radius 1 is 1.27 bits per heavy atom. The van der Waals surface area contributed by atoms with E-state index in [0.717, 1.165) is 24.1 Å². The lowest BCUT2D eigenvalue weighted by atomic mass is 9.95. The Morgan fingerprint density at radius 3 is 2.73 bits per heavy atom. The van der Waals surface area contributed by atoms with Crippen molar-refractivity contribution in [2.45, 2.75) is 32.2 Å². The van der Waals surface area contributed by atoms with Gasteiger partial charge in [0.2, 0.25) is 0 Å². The zero-order valence-electron chi connectivity index (χ0n) is 15.6. The highest BCUT2D eigenvalue weighted by Gasteiger charge is 2.29. The maximum absolute atomic E-state index is 13.4. The smallest absolute Gasteiger partial charge is 0.258 e. The second-order valence-corrected chi connectivity index (χ2v) is 6.56. The standard InChI is InChI=1S/C22H25NO3/c1-5-8-17-13-18(14-20(25-3)21(17)26-4)22(24)23-15(2)11-12-16-9-6-7-10-19(16)23/h5-7,9-10,13-15H,1,8,11-12H2,2-4H3. The van der Waals surface area contributed by atoms with Crippen LogP contribution in [0, 0.1) is 0 Å². The zero-order chi connectivity index (χ0) is 18.7. The van der Waals surface area contributed by atoms with E-state index in [1.54, 1.807) is 26.4 Å². The normalized spacial score (nSPS) is 16.0. The van der Waals surface area contributed by atoms with E-state index in [4.69, 9.17) is 9.47 Å². The van der Waals surface area contributed by atoms with E-state index in [1.807, 2.05) is 29.2 Å². The molecule has 2 aromatic carbocycles. The van der Waals surface area contributed by atoms with E-state index >= 15 is 0 Å². The van der Waals surface area contributed by atoms with Crippen LogP contribution in [0.2, 0.25) is 0 Å². The fraction of sp³-hybridized carbons (Fsp3) is 0.318. The molecule has 3 rings (SSSR count). The number of ether oxygens (including phenoxy) is 2. The number of anilines is 1. The molecule has 0 saturated heterocycles. The number of hydrogen-bond acceptors (Lipinski definition) is 3. The lowest BCUT2D eigenvalue weighted by molar-refractivity contribution is 0.0974. The predicted molar refractivity (Wildman–Crippen MR) is 104 cm³/mol. The number of carbonyl (C=O) groups is 1. The zero-order valence-corrected chi connectivity index (χ0v) is 15.6. The largest absolute Gasteiger partial charge is 0.493 e. The van der Waals surface area contributed by atoms with E-state index in [9.17, 15) is 4.79 Å². The Balaban J connectivity index is 2.07. The van der Waals surface area contributed by atoms with Crippen LogP contribution in [0.5, 0.6) is 11.5 Å². The molecule has 0 radical (unpaired) electrons. The molecule has 4 heteroatoms. The highest BCUT2D eigenvalue weighted by Crippen LogP contribution is 2.36. The molecular weight excluding hydrogens is 326 g/mol. The third-order valence-electron chi connectivity index (χ3n) is 4.91. The maximum atomic E-state index is 13.4. The SMILES string of the molecule is C=CCc1cc(C(=O)N2c3ccccc3CCC2C)cc(OC)c1OC. The van der Waals surface area contributed by atoms with E-state index in [-0.39, 0.29) is 11.9 Å². The molecule has 0 aliphatic carbocycles. The van der Waals surface area contributed by atoms with Gasteiger partial charge in [-0.3, -0.25) is 4.79 Å². The van der Waals surface area contributed by atoms with Crippen molar-refractivity contribution in [3.63, 3.8) is 0 Å². The summed E-state index contributed by atoms with van der Waals surface area (Å²) in [6.45, 7) is 5.90. The van der Waals surface area contributed by atoms with Crippen LogP contribution in [-0.4, -0.2) is 26.2 Å². The average molecular weight is 351 g/mol. The number of benzene rings is 2. The topological polar surface area (TPSA) is 38.8 Å². The summed E-state index contributed by atoms with van der Waals surface area (Å²) in [5.41, 5.74) is 3.70. The molecule has 1 atom stereocenters. The summed E-state index contributed by atoms with van der Waals surface area (Å²) in [5.74, 6) is 1.19. The highest BCUT2D eigenvalue weighted by atomic mass is 16.5. The summed E-state index contributed by atoms with van der Waals surface area (Å²) in [7, 11) is 3.19. The molecule has 0 N–H and O–H groups in total. The van der Waals surface area contributed by atoms with Crippen molar-refractivity contribution < 1.29 is 14.3 Å². The number of nitrogens with zero attached hydrogens (tertiary/aromatic N) is 1. The molecule has 1 unspecified atom stereocenters. The Kier molecular flexibility index (Phi) is 5.31. The number of amides is 1. The van der Waals surface area contributed by atoms with E-state index < -0.39 is 0 Å². The van der Waals surface area contributed by atoms with Crippen LogP contribution in [0.25, 0.3) is 0 Å². The molecule has 0 saturated carbocycles. The number of fused-ring (bicyclic) bond motifs is 1. The van der Waals surface area contributed by atoms with Crippen LogP contribution < -0.4 is 14.4 Å². The third kappa shape index (κ3) is 3.19. The summed E-state index contributed by atoms with van der Waals surface area (Å²) in [6.07, 6.45) is 4.35. The second-order valence-electron chi connectivity index (χ2n) is 6.56. The minimum Gasteiger partial charge on any atom is -0.493 e. The first-order valence-electron chi connectivity index (χ1n) is 8.88. The monoisotopic (exact) mass is 351 g/mol. The Morgan fingerprint density at radius 2 is 2.04 bits per heavy atom. The summed E-state index contributed by atoms with van der Waals surface area (Å²) in [6, 6.07) is 11.9. The van der Waals surface area contributed by atoms with Crippen LogP contribution in [0.4, 0.5) is 5.69 Å². The molecule has 1 amide bonds. The molecule has 0 fully saturated rings. The average Bonchev–Trinajstić information content (AvgIpc) is 2.67. The number of aryl methyl sites for hydroxylation is 1. The van der Waals surface area contributed by atoms with Crippen LogP contribution in [0.15, 0.2) is 49.1 Å². The maximum Gasteiger partial charge on any atom is 0.258 e. The molecule has 0 aromatic heterocycles. The van der Waals surface area contributed by atoms with Gasteiger partial charge in [-0.25, -0.2) is 0 Å². The van der Waals surface area contributed by atoms with E-state index in [1.165, 1.54) is 5.56 Å². The number of para-hydroxylation sites is 1. The van der Waals surface area contributed by atoms with Gasteiger partial charge in [0.05, 0.1) is 14.2 Å². The minimum absolute atomic E-state index is 0.0177. The predicted octanol–water partition coefficient (Wildman–Crippen LogP) is 4.41. The molecule has 136 valence electrons. The van der Waals surface area contributed by atoms with Crippen LogP contribution in [-0.2, 0) is 12.8 Å². The molecule has 1 aliphatic heterocycles. The summed E-state index contributed by atoms with van der Waals surface area (Å²) < 4.78 is 10.9. The van der Waals surface area contributed by atoms with Gasteiger partial charge in [0, 0.05) is 22.9 Å². The van der Waals surface area contributed by atoms with Crippen molar-refractivity contribution in [1.82, 2.24) is 0 Å². The van der Waals surface area contributed by atoms with Gasteiger partial charge in [0.25, 0.3) is 5.91 Å². The Bertz CT molecular complexity index is 828. The molecule has 1 aliphatic rings. The molecule has 0 bridgehead atoms. The van der Waals surface area contributed by atoms with Crippen molar-refractivity contribution in [1.29, 1.82) is 0 Å². The summed E-state index contributed by atoms with van der Waals surface area (Å²) in [5, 5.41) is 0. The third-order valence-corrected chi connectivity index (χ3v) is 4.91. The number of rotatable bonds is 5. The highest BCUT2D eigenvalue weighted by molar-refractivity contribution is 6.07. The second kappa shape index (κ2) is 7.65. The number of carbonyl (C=O) groups excluding carboxylic acids is 1. The van der Waals surface area contributed by atoms with Gasteiger partial charge in [-0.2, -0.15) is 0 Å². The van der Waals surface area contributed by atoms with Gasteiger partial charge in [-0.1, -0.05) is 24.3 Å². The van der Waals surface area contributed by atoms with Gasteiger partial charge in [0.15, 0.2) is 11.5 Å². The molecule has 4 nitrogen and oxygen atoms in total. The molecule has 2 aromatic rings. The van der Waals surface area contributed by atoms with Crippen LogP contribution in [0.3, 0.4) is 0 Å². The summed E-state index contributed by atoms with van der Waals surface area (Å²) >= 11 is 0. The number of hydrogen-bond donors (Lipinski definition) is 0. The molecule has 0 spiro atoms. The number of allylic oxidation sites excluding steroid dienone is 1. The first kappa shape index (κ1) is 18.1. The van der Waals surface area contributed by atoms with Crippen molar-refractivity contribution in [3.8, 4) is 11.5 Å². The molecular formula is C22H25NO3. The van der Waals surface area contributed by atoms with Crippen molar-refractivity contribution in [3.05, 3.63) is 65.7 Å². The summed E-state index contributed by atoms with van der Waals surface area (Å²) in [4.78, 5) is 15.3. The van der Waals surface area contributed by atoms with Crippen molar-refractivity contribution in [2.75, 3.05) is 19.1 Å². The minimum atomic E-state index is -0.0177. The quantitative estimate of drug-likeness (QED) is 0.749. The fourth-order valence-electron chi connectivity index (χ4n) is 3.61. The number of methoxy groups -OCH3 is 2. The van der Waals surface area contributed by atoms with Gasteiger partial charge in [-0.15, -0.1) is 6.58 Å². The lowest BCUT2D eigenvalue weighted by Crippen LogP contribution is -2.42.